The van der Waals surface area contributed by atoms with E-state index < -0.39 is 0 Å². The second kappa shape index (κ2) is 2.56. The van der Waals surface area contributed by atoms with Gasteiger partial charge in [0.2, 0.25) is 0 Å². The monoisotopic (exact) mass is 166 g/mol. The van der Waals surface area contributed by atoms with E-state index in [1.165, 1.54) is 6.08 Å². The fraction of sp³-hybridized carbons (Fsp3) is 0.250. The standard InChI is InChI=1S/C4H4Cl2N2O/c5-3-1-4(9)7-8(6)2-3/h1H,2H2,(H,7,9). The molecule has 9 heavy (non-hydrogen) atoms. The molecule has 0 bridgehead atoms. The zero-order valence-corrected chi connectivity index (χ0v) is 5.91. The summed E-state index contributed by atoms with van der Waals surface area (Å²) in [6, 6.07) is 0. The van der Waals surface area contributed by atoms with Crippen molar-refractivity contribution in [1.82, 2.24) is 9.95 Å². The Morgan fingerprint density at radius 2 is 2.44 bits per heavy atom. The van der Waals surface area contributed by atoms with E-state index in [1.54, 1.807) is 0 Å². The van der Waals surface area contributed by atoms with Crippen LogP contribution in [0.1, 0.15) is 0 Å². The van der Waals surface area contributed by atoms with Crippen molar-refractivity contribution in [3.05, 3.63) is 11.1 Å². The van der Waals surface area contributed by atoms with Gasteiger partial charge < -0.3 is 0 Å². The van der Waals surface area contributed by atoms with Gasteiger partial charge in [-0.1, -0.05) is 11.6 Å². The van der Waals surface area contributed by atoms with Gasteiger partial charge in [0.1, 0.15) is 0 Å². The lowest BCUT2D eigenvalue weighted by Crippen LogP contribution is -2.38. The predicted molar refractivity (Wildman–Crippen MR) is 34.6 cm³/mol. The number of rotatable bonds is 0. The van der Waals surface area contributed by atoms with Crippen LogP contribution in [0.25, 0.3) is 0 Å². The van der Waals surface area contributed by atoms with Crippen molar-refractivity contribution in [2.45, 2.75) is 0 Å². The quantitative estimate of drug-likeness (QED) is 0.536. The van der Waals surface area contributed by atoms with Crippen LogP contribution in [0.4, 0.5) is 0 Å². The Morgan fingerprint density at radius 1 is 1.78 bits per heavy atom. The number of hydrazine groups is 1. The van der Waals surface area contributed by atoms with Crippen molar-refractivity contribution in [3.63, 3.8) is 0 Å². The largest absolute Gasteiger partial charge is 0.271 e. The van der Waals surface area contributed by atoms with E-state index >= 15 is 0 Å². The van der Waals surface area contributed by atoms with E-state index in [4.69, 9.17) is 23.4 Å². The second-order valence-corrected chi connectivity index (χ2v) is 2.48. The van der Waals surface area contributed by atoms with E-state index in [2.05, 4.69) is 5.43 Å². The second-order valence-electron chi connectivity index (χ2n) is 1.59. The van der Waals surface area contributed by atoms with Gasteiger partial charge in [-0.15, -0.1) is 4.53 Å². The van der Waals surface area contributed by atoms with Gasteiger partial charge in [0.25, 0.3) is 5.91 Å². The molecule has 0 aromatic carbocycles. The number of hydrogen-bond acceptors (Lipinski definition) is 2. The summed E-state index contributed by atoms with van der Waals surface area (Å²) in [6.07, 6.45) is 1.29. The molecule has 1 aliphatic heterocycles. The summed E-state index contributed by atoms with van der Waals surface area (Å²) in [5.41, 5.74) is 2.31. The Labute approximate surface area is 62.3 Å². The Hall–Kier alpha value is -0.250. The first kappa shape index (κ1) is 6.86. The van der Waals surface area contributed by atoms with Gasteiger partial charge in [-0.3, -0.25) is 10.2 Å². The van der Waals surface area contributed by atoms with Crippen molar-refractivity contribution in [2.24, 2.45) is 0 Å². The fourth-order valence-corrected chi connectivity index (χ4v) is 1.00. The lowest BCUT2D eigenvalue weighted by atomic mass is 10.4. The molecule has 0 spiro atoms. The third-order valence-electron chi connectivity index (χ3n) is 0.809. The smallest absolute Gasteiger partial charge is 0.260 e. The molecule has 1 rings (SSSR count). The molecule has 0 aliphatic carbocycles. The molecule has 0 saturated heterocycles. The van der Waals surface area contributed by atoms with Crippen molar-refractivity contribution in [1.29, 1.82) is 0 Å². The van der Waals surface area contributed by atoms with Crippen molar-refractivity contribution >= 4 is 29.3 Å². The van der Waals surface area contributed by atoms with Crippen LogP contribution >= 0.6 is 23.4 Å². The normalized spacial score (nSPS) is 21.1. The summed E-state index contributed by atoms with van der Waals surface area (Å²) in [6.45, 7) is 0.356. The van der Waals surface area contributed by atoms with Crippen LogP contribution in [0.5, 0.6) is 0 Å². The SMILES string of the molecule is O=C1C=C(Cl)CN(Cl)N1. The molecule has 1 N–H and O–H groups in total. The lowest BCUT2D eigenvalue weighted by molar-refractivity contribution is -0.119. The highest BCUT2D eigenvalue weighted by Crippen LogP contribution is 2.08. The van der Waals surface area contributed by atoms with Gasteiger partial charge in [-0.05, 0) is 0 Å². The highest BCUT2D eigenvalue weighted by molar-refractivity contribution is 6.32. The number of amides is 1. The molecule has 3 nitrogen and oxygen atoms in total. The maximum atomic E-state index is 10.5. The average molecular weight is 167 g/mol. The number of halogens is 2. The molecule has 1 amide bonds. The third-order valence-corrected chi connectivity index (χ3v) is 1.24. The zero-order valence-electron chi connectivity index (χ0n) is 4.40. The first-order valence-corrected chi connectivity index (χ1v) is 3.00. The summed E-state index contributed by atoms with van der Waals surface area (Å²) in [7, 11) is 0. The molecule has 5 heteroatoms. The van der Waals surface area contributed by atoms with E-state index in [9.17, 15) is 4.79 Å². The molecule has 0 unspecified atom stereocenters. The van der Waals surface area contributed by atoms with E-state index in [1.807, 2.05) is 0 Å². The lowest BCUT2D eigenvalue weighted by Gasteiger charge is -2.16. The average Bonchev–Trinajstić information content (AvgIpc) is 1.59. The van der Waals surface area contributed by atoms with Crippen molar-refractivity contribution in [2.75, 3.05) is 6.54 Å². The van der Waals surface area contributed by atoms with Crippen LogP contribution in [0.3, 0.4) is 0 Å². The van der Waals surface area contributed by atoms with E-state index in [0.29, 0.717) is 11.6 Å². The van der Waals surface area contributed by atoms with E-state index in [-0.39, 0.29) is 5.91 Å². The van der Waals surface area contributed by atoms with Gasteiger partial charge in [-0.25, -0.2) is 0 Å². The number of hydrogen-bond donors (Lipinski definition) is 1. The highest BCUT2D eigenvalue weighted by Gasteiger charge is 2.12. The Bertz CT molecular complexity index is 168. The summed E-state index contributed by atoms with van der Waals surface area (Å²) < 4.78 is 1.10. The number of nitrogens with one attached hydrogen (secondary N) is 1. The van der Waals surface area contributed by atoms with Crippen LogP contribution < -0.4 is 5.43 Å². The molecule has 0 saturated carbocycles. The van der Waals surface area contributed by atoms with Crippen LogP contribution in [0.2, 0.25) is 0 Å². The molecule has 1 heterocycles. The summed E-state index contributed by atoms with van der Waals surface area (Å²) >= 11 is 10.9. The van der Waals surface area contributed by atoms with Gasteiger partial charge in [0, 0.05) is 22.9 Å². The number of carbonyl (C=O) groups is 1. The molecule has 0 aromatic rings. The van der Waals surface area contributed by atoms with Gasteiger partial charge >= 0.3 is 0 Å². The van der Waals surface area contributed by atoms with Crippen molar-refractivity contribution in [3.8, 4) is 0 Å². The molecular formula is C4H4Cl2N2O. The van der Waals surface area contributed by atoms with Gasteiger partial charge in [0.05, 0.1) is 6.54 Å². The highest BCUT2D eigenvalue weighted by atomic mass is 35.5. The van der Waals surface area contributed by atoms with Crippen LogP contribution in [0.15, 0.2) is 11.1 Å². The first-order valence-electron chi connectivity index (χ1n) is 2.28. The van der Waals surface area contributed by atoms with Crippen LogP contribution in [-0.2, 0) is 4.79 Å². The summed E-state index contributed by atoms with van der Waals surface area (Å²) in [5, 5.41) is 0.439. The third kappa shape index (κ3) is 1.86. The minimum atomic E-state index is -0.291. The van der Waals surface area contributed by atoms with Gasteiger partial charge in [0.15, 0.2) is 0 Å². The predicted octanol–water partition coefficient (Wildman–Crippen LogP) is 0.610. The van der Waals surface area contributed by atoms with Gasteiger partial charge in [-0.2, -0.15) is 0 Å². The van der Waals surface area contributed by atoms with Crippen LogP contribution in [0, 0.1) is 0 Å². The van der Waals surface area contributed by atoms with Crippen LogP contribution in [-0.4, -0.2) is 17.0 Å². The Balaban J connectivity index is 2.67. The Kier molecular flexibility index (Phi) is 1.95. The zero-order chi connectivity index (χ0) is 6.85. The Morgan fingerprint density at radius 3 is 2.89 bits per heavy atom. The molecular weight excluding hydrogens is 163 g/mol. The maximum absolute atomic E-state index is 10.5. The molecule has 0 fully saturated rings. The van der Waals surface area contributed by atoms with Crippen molar-refractivity contribution < 1.29 is 4.79 Å². The minimum Gasteiger partial charge on any atom is -0.271 e. The molecule has 0 radical (unpaired) electrons. The first-order chi connectivity index (χ1) is 4.18. The number of carbonyl (C=O) groups excluding carboxylic acids is 1. The minimum absolute atomic E-state index is 0.291. The fourth-order valence-electron chi connectivity index (χ4n) is 0.512. The van der Waals surface area contributed by atoms with E-state index in [0.717, 1.165) is 4.53 Å². The summed E-state index contributed by atoms with van der Waals surface area (Å²) in [5.74, 6) is -0.291. The number of nitrogens with zero attached hydrogens (tertiary/aromatic N) is 1. The molecule has 0 atom stereocenters. The molecule has 0 aromatic heterocycles. The summed E-state index contributed by atoms with van der Waals surface area (Å²) in [4.78, 5) is 10.5. The molecule has 1 aliphatic rings. The molecule has 50 valence electrons. The maximum Gasteiger partial charge on any atom is 0.260 e. The topological polar surface area (TPSA) is 32.3 Å².